The van der Waals surface area contributed by atoms with Crippen molar-refractivity contribution in [3.05, 3.63) is 30.1 Å². The number of aliphatic hydroxyl groups is 1. The number of aliphatic hydroxyl groups excluding tert-OH is 1. The lowest BCUT2D eigenvalue weighted by atomic mass is 10.1. The monoisotopic (exact) mass is 180 g/mol. The summed E-state index contributed by atoms with van der Waals surface area (Å²) in [5, 5.41) is 11.9. The van der Waals surface area contributed by atoms with Crippen LogP contribution in [0.3, 0.4) is 0 Å². The van der Waals surface area contributed by atoms with Crippen molar-refractivity contribution in [3.8, 4) is 0 Å². The van der Waals surface area contributed by atoms with Crippen molar-refractivity contribution < 1.29 is 5.11 Å². The van der Waals surface area contributed by atoms with E-state index in [4.69, 9.17) is 5.11 Å². The maximum atomic E-state index is 8.60. The third-order valence-electron chi connectivity index (χ3n) is 1.99. The highest BCUT2D eigenvalue weighted by atomic mass is 16.3. The first-order valence-electron chi connectivity index (χ1n) is 4.58. The molecule has 0 radical (unpaired) electrons. The molecule has 72 valence electrons. The van der Waals surface area contributed by atoms with Gasteiger partial charge in [0.15, 0.2) is 0 Å². The molecule has 0 fully saturated rings. The van der Waals surface area contributed by atoms with Crippen LogP contribution in [0.25, 0.3) is 0 Å². The molecular formula is C10H16N2O. The van der Waals surface area contributed by atoms with E-state index in [2.05, 4.69) is 17.2 Å². The van der Waals surface area contributed by atoms with Gasteiger partial charge in [-0.25, -0.2) is 0 Å². The highest BCUT2D eigenvalue weighted by Gasteiger charge is 2.01. The number of hydrogen-bond acceptors (Lipinski definition) is 3. The Balaban J connectivity index is 2.35. The van der Waals surface area contributed by atoms with E-state index in [1.807, 2.05) is 12.1 Å². The lowest BCUT2D eigenvalue weighted by Crippen LogP contribution is -2.20. The molecule has 0 saturated carbocycles. The molecule has 2 N–H and O–H groups in total. The highest BCUT2D eigenvalue weighted by Crippen LogP contribution is 2.09. The van der Waals surface area contributed by atoms with E-state index in [0.717, 1.165) is 13.0 Å². The zero-order chi connectivity index (χ0) is 9.52. The summed E-state index contributed by atoms with van der Waals surface area (Å²) in [4.78, 5) is 3.96. The molecule has 13 heavy (non-hydrogen) atoms. The summed E-state index contributed by atoms with van der Waals surface area (Å²) in [5.41, 5.74) is 1.23. The first-order chi connectivity index (χ1) is 6.34. The first kappa shape index (κ1) is 10.2. The van der Waals surface area contributed by atoms with E-state index in [-0.39, 0.29) is 6.61 Å². The van der Waals surface area contributed by atoms with Gasteiger partial charge in [0, 0.05) is 25.0 Å². The van der Waals surface area contributed by atoms with Gasteiger partial charge in [-0.15, -0.1) is 0 Å². The van der Waals surface area contributed by atoms with Crippen LogP contribution in [0.15, 0.2) is 24.5 Å². The third-order valence-corrected chi connectivity index (χ3v) is 1.99. The molecule has 0 bridgehead atoms. The Morgan fingerprint density at radius 1 is 1.46 bits per heavy atom. The van der Waals surface area contributed by atoms with Crippen LogP contribution in [0.2, 0.25) is 0 Å². The van der Waals surface area contributed by atoms with Gasteiger partial charge in [-0.05, 0) is 37.6 Å². The summed E-state index contributed by atoms with van der Waals surface area (Å²) >= 11 is 0. The fourth-order valence-electron chi connectivity index (χ4n) is 1.17. The minimum atomic E-state index is 0.246. The summed E-state index contributed by atoms with van der Waals surface area (Å²) in [6, 6.07) is 4.32. The van der Waals surface area contributed by atoms with Crippen molar-refractivity contribution in [1.82, 2.24) is 10.3 Å². The molecule has 3 heteroatoms. The molecule has 0 saturated heterocycles. The molecular weight excluding hydrogens is 164 g/mol. The van der Waals surface area contributed by atoms with Crippen LogP contribution in [0.1, 0.15) is 24.9 Å². The fraction of sp³-hybridized carbons (Fsp3) is 0.500. The summed E-state index contributed by atoms with van der Waals surface area (Å²) in [5.74, 6) is 0. The van der Waals surface area contributed by atoms with Crippen molar-refractivity contribution in [2.75, 3.05) is 13.2 Å². The Morgan fingerprint density at radius 3 is 2.77 bits per heavy atom. The molecule has 0 aromatic carbocycles. The van der Waals surface area contributed by atoms with Gasteiger partial charge < -0.3 is 10.4 Å². The van der Waals surface area contributed by atoms with Crippen LogP contribution in [-0.4, -0.2) is 23.2 Å². The number of hydrogen-bond donors (Lipinski definition) is 2. The first-order valence-corrected chi connectivity index (χ1v) is 4.58. The smallest absolute Gasteiger partial charge is 0.0443 e. The van der Waals surface area contributed by atoms with E-state index in [1.165, 1.54) is 5.56 Å². The second-order valence-electron chi connectivity index (χ2n) is 3.03. The van der Waals surface area contributed by atoms with Gasteiger partial charge in [-0.3, -0.25) is 4.98 Å². The molecule has 0 amide bonds. The number of nitrogens with one attached hydrogen (secondary N) is 1. The van der Waals surface area contributed by atoms with Gasteiger partial charge in [0.2, 0.25) is 0 Å². The number of aromatic nitrogens is 1. The summed E-state index contributed by atoms with van der Waals surface area (Å²) in [6.45, 7) is 3.20. The lowest BCUT2D eigenvalue weighted by Gasteiger charge is -2.12. The van der Waals surface area contributed by atoms with E-state index in [9.17, 15) is 0 Å². The van der Waals surface area contributed by atoms with Crippen molar-refractivity contribution in [3.63, 3.8) is 0 Å². The third kappa shape index (κ3) is 3.53. The molecule has 0 aliphatic carbocycles. The minimum absolute atomic E-state index is 0.246. The Labute approximate surface area is 78.8 Å². The molecule has 1 atom stereocenters. The highest BCUT2D eigenvalue weighted by molar-refractivity contribution is 5.13. The van der Waals surface area contributed by atoms with E-state index in [1.54, 1.807) is 12.4 Å². The zero-order valence-corrected chi connectivity index (χ0v) is 7.90. The second-order valence-corrected chi connectivity index (χ2v) is 3.03. The average Bonchev–Trinajstić information content (AvgIpc) is 2.19. The normalized spacial score (nSPS) is 12.8. The second kappa shape index (κ2) is 5.67. The summed E-state index contributed by atoms with van der Waals surface area (Å²) < 4.78 is 0. The fourth-order valence-corrected chi connectivity index (χ4v) is 1.17. The maximum absolute atomic E-state index is 8.60. The van der Waals surface area contributed by atoms with Crippen LogP contribution >= 0.6 is 0 Å². The van der Waals surface area contributed by atoms with Gasteiger partial charge >= 0.3 is 0 Å². The zero-order valence-electron chi connectivity index (χ0n) is 7.90. The van der Waals surface area contributed by atoms with E-state index in [0.29, 0.717) is 6.04 Å². The molecule has 1 heterocycles. The molecule has 0 aliphatic rings. The van der Waals surface area contributed by atoms with E-state index < -0.39 is 0 Å². The van der Waals surface area contributed by atoms with E-state index >= 15 is 0 Å². The van der Waals surface area contributed by atoms with Crippen LogP contribution in [0.5, 0.6) is 0 Å². The Bertz CT molecular complexity index is 226. The van der Waals surface area contributed by atoms with Crippen molar-refractivity contribution in [1.29, 1.82) is 0 Å². The summed E-state index contributed by atoms with van der Waals surface area (Å²) in [7, 11) is 0. The van der Waals surface area contributed by atoms with Crippen molar-refractivity contribution in [2.24, 2.45) is 0 Å². The molecule has 1 aromatic heterocycles. The lowest BCUT2D eigenvalue weighted by molar-refractivity contribution is 0.284. The number of nitrogens with zero attached hydrogens (tertiary/aromatic N) is 1. The van der Waals surface area contributed by atoms with Gasteiger partial charge in [-0.1, -0.05) is 0 Å². The quantitative estimate of drug-likeness (QED) is 0.667. The topological polar surface area (TPSA) is 45.1 Å². The Kier molecular flexibility index (Phi) is 4.43. The Morgan fingerprint density at radius 2 is 2.15 bits per heavy atom. The summed E-state index contributed by atoms with van der Waals surface area (Å²) in [6.07, 6.45) is 4.38. The van der Waals surface area contributed by atoms with Crippen LogP contribution < -0.4 is 5.32 Å². The standard InChI is InChI=1S/C10H16N2O/c1-9(12-5-2-8-13)10-3-6-11-7-4-10/h3-4,6-7,9,12-13H,2,5,8H2,1H3/t9-/m1/s1. The molecule has 3 nitrogen and oxygen atoms in total. The van der Waals surface area contributed by atoms with Crippen molar-refractivity contribution in [2.45, 2.75) is 19.4 Å². The number of rotatable bonds is 5. The molecule has 0 unspecified atom stereocenters. The molecule has 1 rings (SSSR count). The average molecular weight is 180 g/mol. The predicted octanol–water partition coefficient (Wildman–Crippen LogP) is 1.11. The largest absolute Gasteiger partial charge is 0.396 e. The number of pyridine rings is 1. The van der Waals surface area contributed by atoms with Crippen LogP contribution in [0, 0.1) is 0 Å². The van der Waals surface area contributed by atoms with Gasteiger partial charge in [0.1, 0.15) is 0 Å². The van der Waals surface area contributed by atoms with Crippen LogP contribution in [-0.2, 0) is 0 Å². The van der Waals surface area contributed by atoms with Gasteiger partial charge in [0.25, 0.3) is 0 Å². The van der Waals surface area contributed by atoms with Gasteiger partial charge in [0.05, 0.1) is 0 Å². The van der Waals surface area contributed by atoms with Crippen molar-refractivity contribution >= 4 is 0 Å². The molecule has 0 aliphatic heterocycles. The maximum Gasteiger partial charge on any atom is 0.0443 e. The Hall–Kier alpha value is -0.930. The SMILES string of the molecule is C[C@@H](NCCCO)c1ccncc1. The predicted molar refractivity (Wildman–Crippen MR) is 52.4 cm³/mol. The minimum Gasteiger partial charge on any atom is -0.396 e. The van der Waals surface area contributed by atoms with Gasteiger partial charge in [-0.2, -0.15) is 0 Å². The van der Waals surface area contributed by atoms with Crippen LogP contribution in [0.4, 0.5) is 0 Å². The molecule has 0 spiro atoms. The molecule has 1 aromatic rings.